The van der Waals surface area contributed by atoms with Gasteiger partial charge < -0.3 is 26.1 Å². The number of carboxylic acid groups (broad SMARTS) is 1. The zero-order chi connectivity index (χ0) is 16.5. The molecular formula is C11H23N5O5. The van der Waals surface area contributed by atoms with E-state index in [2.05, 4.69) is 15.7 Å². The molecule has 0 unspecified atom stereocenters. The lowest BCUT2D eigenvalue weighted by atomic mass is 10.1. The van der Waals surface area contributed by atoms with Crippen LogP contribution in [0.1, 0.15) is 33.6 Å². The largest absolute Gasteiger partial charge is 0.609 e. The Kier molecular flexibility index (Phi) is 8.09. The highest BCUT2D eigenvalue weighted by Gasteiger charge is 2.23. The summed E-state index contributed by atoms with van der Waals surface area (Å²) in [5, 5.41) is 21.4. The van der Waals surface area contributed by atoms with Crippen LogP contribution in [-0.2, 0) is 9.53 Å². The van der Waals surface area contributed by atoms with Gasteiger partial charge in [-0.3, -0.25) is 5.59 Å². The summed E-state index contributed by atoms with van der Waals surface area (Å²) in [6.45, 7) is 5.27. The number of rotatable bonds is 7. The molecule has 0 aliphatic heterocycles. The second kappa shape index (κ2) is 8.97. The minimum absolute atomic E-state index is 0.0445. The molecule has 0 fully saturated rings. The first-order chi connectivity index (χ1) is 9.65. The molecule has 0 aromatic carbocycles. The number of hydrogen-bond acceptors (Lipinski definition) is 5. The van der Waals surface area contributed by atoms with E-state index in [4.69, 9.17) is 15.6 Å². The van der Waals surface area contributed by atoms with Gasteiger partial charge in [-0.1, -0.05) is 0 Å². The van der Waals surface area contributed by atoms with Crippen LogP contribution in [0.4, 0.5) is 4.79 Å². The van der Waals surface area contributed by atoms with Gasteiger partial charge in [0.1, 0.15) is 11.6 Å². The molecular weight excluding hydrogens is 282 g/mol. The van der Waals surface area contributed by atoms with Gasteiger partial charge in [0.05, 0.1) is 0 Å². The minimum Gasteiger partial charge on any atom is -0.609 e. The lowest BCUT2D eigenvalue weighted by molar-refractivity contribution is -0.633. The summed E-state index contributed by atoms with van der Waals surface area (Å²) in [4.78, 5) is 26.3. The Bertz CT molecular complexity index is 380. The van der Waals surface area contributed by atoms with Gasteiger partial charge in [0.15, 0.2) is 0 Å². The van der Waals surface area contributed by atoms with Crippen LogP contribution < -0.4 is 22.1 Å². The Balaban J connectivity index is 4.24. The van der Waals surface area contributed by atoms with Crippen LogP contribution in [0.5, 0.6) is 0 Å². The van der Waals surface area contributed by atoms with Crippen molar-refractivity contribution in [3.05, 3.63) is 5.21 Å². The van der Waals surface area contributed by atoms with E-state index >= 15 is 0 Å². The number of aliphatic carboxylic acids is 1. The predicted octanol–water partition coefficient (Wildman–Crippen LogP) is -1.37. The van der Waals surface area contributed by atoms with Crippen LogP contribution in [-0.4, -0.2) is 41.3 Å². The van der Waals surface area contributed by atoms with Crippen molar-refractivity contribution in [1.82, 2.24) is 10.7 Å². The van der Waals surface area contributed by atoms with Gasteiger partial charge >= 0.3 is 12.1 Å². The normalized spacial score (nSPS) is 13.4. The van der Waals surface area contributed by atoms with Gasteiger partial charge in [0.2, 0.25) is 5.96 Å². The summed E-state index contributed by atoms with van der Waals surface area (Å²) < 4.78 is 4.99. The number of aliphatic imine (C=N–C) groups is 1. The maximum atomic E-state index is 11.5. The van der Waals surface area contributed by atoms with Crippen molar-refractivity contribution in [2.75, 3.05) is 6.54 Å². The number of nitrogens with two attached hydrogens (primary N) is 2. The first kappa shape index (κ1) is 18.9. The summed E-state index contributed by atoms with van der Waals surface area (Å²) in [7, 11) is 0. The number of alkyl carbamates (subject to hydrolysis) is 1. The number of amides is 1. The second-order valence-corrected chi connectivity index (χ2v) is 5.21. The number of quaternary nitrogens is 1. The van der Waals surface area contributed by atoms with Crippen molar-refractivity contribution in [2.45, 2.75) is 45.3 Å². The molecule has 0 heterocycles. The Labute approximate surface area is 122 Å². The number of carboxylic acids is 1. The third kappa shape index (κ3) is 10.4. The number of hydrogen-bond donors (Lipinski definition) is 5. The van der Waals surface area contributed by atoms with E-state index in [1.807, 2.05) is 0 Å². The van der Waals surface area contributed by atoms with Crippen molar-refractivity contribution in [3.63, 3.8) is 0 Å². The molecule has 0 rings (SSSR count). The smallest absolute Gasteiger partial charge is 0.408 e. The topological polar surface area (TPSA) is 166 Å². The standard InChI is InChI=1S/C11H23N5O5/c1-11(2,3)21-10(19)14-7(8(17)18)5-4-6-13-9(12)15-16-20/h7H,4-6,16H2,1-3H3,(H,14,19)(H,17,18)(H3,12,13,15)/t7-/m1/s1. The van der Waals surface area contributed by atoms with Gasteiger partial charge in [-0.2, -0.15) is 0 Å². The first-order valence-corrected chi connectivity index (χ1v) is 6.38. The maximum Gasteiger partial charge on any atom is 0.408 e. The van der Waals surface area contributed by atoms with Gasteiger partial charge in [-0.25, -0.2) is 20.0 Å². The van der Waals surface area contributed by atoms with Gasteiger partial charge in [-0.15, -0.1) is 0 Å². The molecule has 0 spiro atoms. The fraction of sp³-hybridized carbons (Fsp3) is 0.727. The molecule has 0 aliphatic rings. The highest BCUT2D eigenvalue weighted by Crippen LogP contribution is 2.07. The lowest BCUT2D eigenvalue weighted by Crippen LogP contribution is -2.89. The van der Waals surface area contributed by atoms with Gasteiger partial charge in [0, 0.05) is 6.54 Å². The summed E-state index contributed by atoms with van der Waals surface area (Å²) in [6, 6.07) is -1.07. The highest BCUT2D eigenvalue weighted by molar-refractivity contribution is 5.80. The molecule has 0 saturated carbocycles. The molecule has 1 amide bonds. The molecule has 122 valence electrons. The Morgan fingerprint density at radius 2 is 2.10 bits per heavy atom. The molecule has 7 N–H and O–H groups in total. The summed E-state index contributed by atoms with van der Waals surface area (Å²) >= 11 is 0. The van der Waals surface area contributed by atoms with Crippen molar-refractivity contribution in [3.8, 4) is 0 Å². The van der Waals surface area contributed by atoms with E-state index in [1.165, 1.54) is 0 Å². The first-order valence-electron chi connectivity index (χ1n) is 6.38. The van der Waals surface area contributed by atoms with E-state index in [0.717, 1.165) is 0 Å². The molecule has 0 aromatic heterocycles. The molecule has 0 radical (unpaired) electrons. The SMILES string of the molecule is CC(C)(C)OC(=O)N[C@H](CCCN=C(N)N[NH2+][O-])C(=O)O. The number of nitrogens with one attached hydrogen (secondary N) is 2. The van der Waals surface area contributed by atoms with Crippen molar-refractivity contribution in [2.24, 2.45) is 10.7 Å². The number of carbonyl (C=O) groups excluding carboxylic acids is 1. The zero-order valence-corrected chi connectivity index (χ0v) is 12.4. The third-order valence-corrected chi connectivity index (χ3v) is 2.13. The molecule has 0 bridgehead atoms. The minimum atomic E-state index is -1.16. The molecule has 0 saturated heterocycles. The average molecular weight is 305 g/mol. The fourth-order valence-corrected chi connectivity index (χ4v) is 1.31. The summed E-state index contributed by atoms with van der Waals surface area (Å²) in [5.41, 5.74) is 7.16. The van der Waals surface area contributed by atoms with E-state index in [1.54, 1.807) is 20.8 Å². The van der Waals surface area contributed by atoms with Crippen LogP contribution in [0.3, 0.4) is 0 Å². The van der Waals surface area contributed by atoms with Crippen LogP contribution in [0.25, 0.3) is 0 Å². The van der Waals surface area contributed by atoms with Crippen molar-refractivity contribution < 1.29 is 25.0 Å². The third-order valence-electron chi connectivity index (χ3n) is 2.13. The molecule has 21 heavy (non-hydrogen) atoms. The Hall–Kier alpha value is -2.07. The van der Waals surface area contributed by atoms with Crippen LogP contribution in [0.15, 0.2) is 4.99 Å². The van der Waals surface area contributed by atoms with E-state index in [0.29, 0.717) is 12.0 Å². The Morgan fingerprint density at radius 1 is 1.48 bits per heavy atom. The average Bonchev–Trinajstić information content (AvgIpc) is 2.30. The number of guanidine groups is 1. The predicted molar refractivity (Wildman–Crippen MR) is 74.9 cm³/mol. The van der Waals surface area contributed by atoms with E-state index in [-0.39, 0.29) is 18.9 Å². The fourth-order valence-electron chi connectivity index (χ4n) is 1.31. The molecule has 0 aromatic rings. The Morgan fingerprint density at radius 3 is 2.57 bits per heavy atom. The number of ether oxygens (including phenoxy) is 1. The van der Waals surface area contributed by atoms with E-state index < -0.39 is 23.7 Å². The summed E-state index contributed by atoms with van der Waals surface area (Å²) in [5.74, 6) is -1.21. The van der Waals surface area contributed by atoms with Gasteiger partial charge in [0.25, 0.3) is 0 Å². The number of carbonyl (C=O) groups is 2. The highest BCUT2D eigenvalue weighted by atomic mass is 16.6. The quantitative estimate of drug-likeness (QED) is 0.127. The van der Waals surface area contributed by atoms with Crippen LogP contribution >= 0.6 is 0 Å². The maximum absolute atomic E-state index is 11.5. The molecule has 1 atom stereocenters. The van der Waals surface area contributed by atoms with E-state index in [9.17, 15) is 14.8 Å². The zero-order valence-electron chi connectivity index (χ0n) is 12.4. The van der Waals surface area contributed by atoms with Crippen LogP contribution in [0, 0.1) is 5.21 Å². The molecule has 0 aliphatic carbocycles. The second-order valence-electron chi connectivity index (χ2n) is 5.21. The monoisotopic (exact) mass is 305 g/mol. The number of nitrogens with zero attached hydrogens (tertiary/aromatic N) is 1. The van der Waals surface area contributed by atoms with Crippen LogP contribution in [0.2, 0.25) is 0 Å². The summed E-state index contributed by atoms with van der Waals surface area (Å²) in [6.07, 6.45) is -0.263. The van der Waals surface area contributed by atoms with Crippen molar-refractivity contribution in [1.29, 1.82) is 0 Å². The lowest BCUT2D eigenvalue weighted by Gasteiger charge is -2.21. The van der Waals surface area contributed by atoms with Crippen molar-refractivity contribution >= 4 is 18.0 Å². The molecule has 10 heteroatoms. The van der Waals surface area contributed by atoms with Gasteiger partial charge in [-0.05, 0) is 33.6 Å². The molecule has 10 nitrogen and oxygen atoms in total.